The van der Waals surface area contributed by atoms with Crippen molar-refractivity contribution < 1.29 is 9.59 Å². The molecule has 2 amide bonds. The van der Waals surface area contributed by atoms with E-state index in [-0.39, 0.29) is 29.2 Å². The number of amides is 2. The van der Waals surface area contributed by atoms with Crippen LogP contribution in [0.25, 0.3) is 0 Å². The second-order valence-corrected chi connectivity index (χ2v) is 7.79. The molecule has 2 heterocycles. The van der Waals surface area contributed by atoms with Crippen LogP contribution in [-0.2, 0) is 10.2 Å². The van der Waals surface area contributed by atoms with Crippen molar-refractivity contribution in [3.63, 3.8) is 0 Å². The van der Waals surface area contributed by atoms with Crippen molar-refractivity contribution in [1.29, 1.82) is 0 Å². The monoisotopic (exact) mass is 309 g/mol. The standard InChI is InChI=1S/C15H23N3O2S/c1-9-5-6-10(12(16)19)8-18(9)13(20)11-7-17-14(21-11)15(2,3)4/h7,9-10H,5-6,8H2,1-4H3,(H2,16,19)/t9-,10+/m0/s1. The molecule has 0 aliphatic carbocycles. The lowest BCUT2D eigenvalue weighted by molar-refractivity contribution is -0.123. The summed E-state index contributed by atoms with van der Waals surface area (Å²) in [4.78, 5) is 30.8. The minimum absolute atomic E-state index is 0.0403. The molecule has 0 radical (unpaired) electrons. The molecule has 2 N–H and O–H groups in total. The van der Waals surface area contributed by atoms with Gasteiger partial charge in [0.1, 0.15) is 4.88 Å². The highest BCUT2D eigenvalue weighted by Gasteiger charge is 2.33. The maximum Gasteiger partial charge on any atom is 0.265 e. The highest BCUT2D eigenvalue weighted by molar-refractivity contribution is 7.13. The smallest absolute Gasteiger partial charge is 0.265 e. The van der Waals surface area contributed by atoms with E-state index in [1.54, 1.807) is 11.1 Å². The van der Waals surface area contributed by atoms with E-state index >= 15 is 0 Å². The SMILES string of the molecule is C[C@H]1CC[C@@H](C(N)=O)CN1C(=O)c1cnc(C(C)(C)C)s1. The van der Waals surface area contributed by atoms with Crippen LogP contribution in [0.3, 0.4) is 0 Å². The van der Waals surface area contributed by atoms with Crippen molar-refractivity contribution in [2.24, 2.45) is 11.7 Å². The van der Waals surface area contributed by atoms with Crippen molar-refractivity contribution in [1.82, 2.24) is 9.88 Å². The van der Waals surface area contributed by atoms with Gasteiger partial charge >= 0.3 is 0 Å². The van der Waals surface area contributed by atoms with Gasteiger partial charge in [0.05, 0.1) is 17.1 Å². The van der Waals surface area contributed by atoms with Crippen LogP contribution in [0.5, 0.6) is 0 Å². The zero-order chi connectivity index (χ0) is 15.8. The molecule has 0 spiro atoms. The number of aromatic nitrogens is 1. The van der Waals surface area contributed by atoms with Crippen LogP contribution in [0.4, 0.5) is 0 Å². The summed E-state index contributed by atoms with van der Waals surface area (Å²) in [5, 5.41) is 0.946. The quantitative estimate of drug-likeness (QED) is 0.909. The second kappa shape index (κ2) is 5.75. The molecule has 2 atom stereocenters. The third-order valence-electron chi connectivity index (χ3n) is 3.90. The van der Waals surface area contributed by atoms with E-state index in [0.717, 1.165) is 17.8 Å². The van der Waals surface area contributed by atoms with Crippen LogP contribution in [-0.4, -0.2) is 34.3 Å². The minimum atomic E-state index is -0.320. The molecule has 5 nitrogen and oxygen atoms in total. The molecule has 21 heavy (non-hydrogen) atoms. The Morgan fingerprint density at radius 1 is 1.38 bits per heavy atom. The van der Waals surface area contributed by atoms with Crippen LogP contribution in [0, 0.1) is 5.92 Å². The van der Waals surface area contributed by atoms with Crippen molar-refractivity contribution >= 4 is 23.2 Å². The fourth-order valence-corrected chi connectivity index (χ4v) is 3.41. The zero-order valence-electron chi connectivity index (χ0n) is 13.0. The Kier molecular flexibility index (Phi) is 4.37. The van der Waals surface area contributed by atoms with E-state index in [4.69, 9.17) is 5.73 Å². The summed E-state index contributed by atoms with van der Waals surface area (Å²) < 4.78 is 0. The maximum absolute atomic E-state index is 12.7. The number of piperidine rings is 1. The third kappa shape index (κ3) is 3.43. The van der Waals surface area contributed by atoms with Crippen LogP contribution in [0.1, 0.15) is 55.2 Å². The van der Waals surface area contributed by atoms with E-state index < -0.39 is 0 Å². The van der Waals surface area contributed by atoms with Gasteiger partial charge in [-0.3, -0.25) is 9.59 Å². The van der Waals surface area contributed by atoms with Crippen molar-refractivity contribution in [2.45, 2.75) is 52.0 Å². The number of rotatable bonds is 2. The fourth-order valence-electron chi connectivity index (χ4n) is 2.48. The van der Waals surface area contributed by atoms with Gasteiger partial charge in [0.2, 0.25) is 5.91 Å². The van der Waals surface area contributed by atoms with Gasteiger partial charge < -0.3 is 10.6 Å². The molecule has 1 aromatic rings. The van der Waals surface area contributed by atoms with Gasteiger partial charge in [0.25, 0.3) is 5.91 Å². The molecule has 1 aliphatic heterocycles. The Bertz CT molecular complexity index is 547. The summed E-state index contributed by atoms with van der Waals surface area (Å²) in [6, 6.07) is 0.133. The molecular weight excluding hydrogens is 286 g/mol. The van der Waals surface area contributed by atoms with Gasteiger partial charge in [0, 0.05) is 18.0 Å². The Labute approximate surface area is 129 Å². The lowest BCUT2D eigenvalue weighted by Crippen LogP contribution is -2.48. The average Bonchev–Trinajstić information content (AvgIpc) is 2.87. The summed E-state index contributed by atoms with van der Waals surface area (Å²) >= 11 is 1.43. The van der Waals surface area contributed by atoms with Crippen LogP contribution < -0.4 is 5.73 Å². The van der Waals surface area contributed by atoms with Crippen molar-refractivity contribution in [3.8, 4) is 0 Å². The summed E-state index contributed by atoms with van der Waals surface area (Å²) in [5.74, 6) is -0.596. The Balaban J connectivity index is 2.18. The second-order valence-electron chi connectivity index (χ2n) is 6.76. The van der Waals surface area contributed by atoms with Gasteiger partial charge in [-0.1, -0.05) is 20.8 Å². The topological polar surface area (TPSA) is 76.3 Å². The number of thiazole rings is 1. The molecule has 2 rings (SSSR count). The van der Waals surface area contributed by atoms with Crippen LogP contribution in [0.2, 0.25) is 0 Å². The maximum atomic E-state index is 12.7. The first-order chi connectivity index (χ1) is 9.70. The normalized spacial score (nSPS) is 23.1. The highest BCUT2D eigenvalue weighted by Crippen LogP contribution is 2.29. The lowest BCUT2D eigenvalue weighted by Gasteiger charge is -2.36. The number of hydrogen-bond donors (Lipinski definition) is 1. The van der Waals surface area contributed by atoms with Gasteiger partial charge in [-0.2, -0.15) is 0 Å². The fraction of sp³-hybridized carbons (Fsp3) is 0.667. The number of nitrogens with two attached hydrogens (primary N) is 1. The summed E-state index contributed by atoms with van der Waals surface area (Å²) in [6.07, 6.45) is 3.22. The predicted octanol–water partition coefficient (Wildman–Crippen LogP) is 2.17. The predicted molar refractivity (Wildman–Crippen MR) is 83.2 cm³/mol. The minimum Gasteiger partial charge on any atom is -0.369 e. The lowest BCUT2D eigenvalue weighted by atomic mass is 9.93. The van der Waals surface area contributed by atoms with Crippen LogP contribution in [0.15, 0.2) is 6.20 Å². The van der Waals surface area contributed by atoms with Crippen molar-refractivity contribution in [2.75, 3.05) is 6.54 Å². The largest absolute Gasteiger partial charge is 0.369 e. The molecule has 6 heteroatoms. The number of likely N-dealkylation sites (tertiary alicyclic amines) is 1. The summed E-state index contributed by atoms with van der Waals surface area (Å²) in [6.45, 7) is 8.66. The van der Waals surface area contributed by atoms with E-state index in [0.29, 0.717) is 11.4 Å². The molecule has 0 saturated carbocycles. The number of carbonyl (C=O) groups excluding carboxylic acids is 2. The number of hydrogen-bond acceptors (Lipinski definition) is 4. The Morgan fingerprint density at radius 2 is 2.05 bits per heavy atom. The van der Waals surface area contributed by atoms with Gasteiger partial charge in [-0.05, 0) is 19.8 Å². The molecule has 116 valence electrons. The van der Waals surface area contributed by atoms with Gasteiger partial charge in [-0.25, -0.2) is 4.98 Å². The first-order valence-corrected chi connectivity index (χ1v) is 8.08. The summed E-state index contributed by atoms with van der Waals surface area (Å²) in [7, 11) is 0. The Hall–Kier alpha value is -1.43. The van der Waals surface area contributed by atoms with E-state index in [1.807, 2.05) is 6.92 Å². The number of nitrogens with zero attached hydrogens (tertiary/aromatic N) is 2. The number of primary amides is 1. The highest BCUT2D eigenvalue weighted by atomic mass is 32.1. The Morgan fingerprint density at radius 3 is 2.57 bits per heavy atom. The van der Waals surface area contributed by atoms with Crippen molar-refractivity contribution in [3.05, 3.63) is 16.1 Å². The number of carbonyl (C=O) groups is 2. The third-order valence-corrected chi connectivity index (χ3v) is 5.31. The molecule has 1 aliphatic rings. The molecule has 1 fully saturated rings. The summed E-state index contributed by atoms with van der Waals surface area (Å²) in [5.41, 5.74) is 5.33. The molecule has 0 bridgehead atoms. The molecule has 0 unspecified atom stereocenters. The van der Waals surface area contributed by atoms with Crippen LogP contribution >= 0.6 is 11.3 Å². The average molecular weight is 309 g/mol. The molecule has 1 saturated heterocycles. The molecular formula is C15H23N3O2S. The van der Waals surface area contributed by atoms with E-state index in [9.17, 15) is 9.59 Å². The first kappa shape index (κ1) is 15.9. The van der Waals surface area contributed by atoms with Gasteiger partial charge in [-0.15, -0.1) is 11.3 Å². The zero-order valence-corrected chi connectivity index (χ0v) is 13.9. The molecule has 0 aromatic carbocycles. The molecule has 1 aromatic heterocycles. The van der Waals surface area contributed by atoms with E-state index in [1.165, 1.54) is 11.3 Å². The van der Waals surface area contributed by atoms with Gasteiger partial charge in [0.15, 0.2) is 0 Å². The first-order valence-electron chi connectivity index (χ1n) is 7.26. The van der Waals surface area contributed by atoms with E-state index in [2.05, 4.69) is 25.8 Å².